The fourth-order valence-electron chi connectivity index (χ4n) is 1.89. The van der Waals surface area contributed by atoms with E-state index in [1.165, 1.54) is 18.2 Å². The van der Waals surface area contributed by atoms with Crippen LogP contribution in [0.15, 0.2) is 24.3 Å². The van der Waals surface area contributed by atoms with Gasteiger partial charge in [-0.05, 0) is 6.07 Å². The molecule has 2 rings (SSSR count). The molecule has 1 fully saturated rings. The molecule has 0 amide bonds. The Hall–Kier alpha value is -1.74. The molecule has 1 aliphatic heterocycles. The second-order valence-corrected chi connectivity index (χ2v) is 4.21. The van der Waals surface area contributed by atoms with E-state index < -0.39 is 36.1 Å². The smallest absolute Gasteiger partial charge is 0.271 e. The van der Waals surface area contributed by atoms with Gasteiger partial charge in [0.15, 0.2) is 6.23 Å². The lowest BCUT2D eigenvalue weighted by atomic mass is 10.1. The van der Waals surface area contributed by atoms with Crippen LogP contribution < -0.4 is 5.32 Å². The zero-order valence-electron chi connectivity index (χ0n) is 9.84. The summed E-state index contributed by atoms with van der Waals surface area (Å²) in [5.74, 6) is 0. The fraction of sp³-hybridized carbons (Fsp3) is 0.455. The highest BCUT2D eigenvalue weighted by atomic mass is 16.6. The standard InChI is InChI=1S/C11H14N2O6/c14-5-8-9(15)10(16)11(19-8)12-6-2-1-3-7(4-6)13(17)18/h1-4,8-12,14-16H,5H2/t8-,9-,10+,11-/m1/s1. The average molecular weight is 270 g/mol. The lowest BCUT2D eigenvalue weighted by molar-refractivity contribution is -0.384. The number of aliphatic hydroxyl groups excluding tert-OH is 3. The quantitative estimate of drug-likeness (QED) is 0.427. The number of hydrogen-bond donors (Lipinski definition) is 4. The first kappa shape index (κ1) is 13.7. The van der Waals surface area contributed by atoms with Crippen molar-refractivity contribution < 1.29 is 25.0 Å². The molecule has 104 valence electrons. The first-order valence-corrected chi connectivity index (χ1v) is 5.66. The minimum Gasteiger partial charge on any atom is -0.394 e. The maximum atomic E-state index is 10.6. The largest absolute Gasteiger partial charge is 0.394 e. The van der Waals surface area contributed by atoms with E-state index in [4.69, 9.17) is 9.84 Å². The van der Waals surface area contributed by atoms with Crippen molar-refractivity contribution in [1.82, 2.24) is 0 Å². The van der Waals surface area contributed by atoms with Crippen LogP contribution in [0.5, 0.6) is 0 Å². The molecule has 0 bridgehead atoms. The van der Waals surface area contributed by atoms with Crippen molar-refractivity contribution in [2.24, 2.45) is 0 Å². The zero-order chi connectivity index (χ0) is 14.0. The minimum absolute atomic E-state index is 0.100. The van der Waals surface area contributed by atoms with Crippen LogP contribution in [0.4, 0.5) is 11.4 Å². The molecule has 0 spiro atoms. The number of ether oxygens (including phenoxy) is 1. The number of aliphatic hydroxyl groups is 3. The van der Waals surface area contributed by atoms with E-state index >= 15 is 0 Å². The highest BCUT2D eigenvalue weighted by molar-refractivity contribution is 5.51. The van der Waals surface area contributed by atoms with Crippen LogP contribution in [-0.2, 0) is 4.74 Å². The van der Waals surface area contributed by atoms with Crippen molar-refractivity contribution in [3.05, 3.63) is 34.4 Å². The van der Waals surface area contributed by atoms with Gasteiger partial charge in [-0.25, -0.2) is 0 Å². The van der Waals surface area contributed by atoms with Gasteiger partial charge in [-0.2, -0.15) is 0 Å². The number of benzene rings is 1. The van der Waals surface area contributed by atoms with Crippen molar-refractivity contribution in [2.75, 3.05) is 11.9 Å². The van der Waals surface area contributed by atoms with Gasteiger partial charge < -0.3 is 25.4 Å². The molecular formula is C11H14N2O6. The van der Waals surface area contributed by atoms with Crippen molar-refractivity contribution in [1.29, 1.82) is 0 Å². The molecule has 8 heteroatoms. The van der Waals surface area contributed by atoms with Gasteiger partial charge in [0.2, 0.25) is 0 Å². The zero-order valence-corrected chi connectivity index (χ0v) is 9.84. The van der Waals surface area contributed by atoms with Gasteiger partial charge in [0.05, 0.1) is 11.5 Å². The van der Waals surface area contributed by atoms with Gasteiger partial charge >= 0.3 is 0 Å². The third-order valence-corrected chi connectivity index (χ3v) is 2.91. The Morgan fingerprint density at radius 3 is 2.68 bits per heavy atom. The summed E-state index contributed by atoms with van der Waals surface area (Å²) < 4.78 is 5.21. The average Bonchev–Trinajstić information content (AvgIpc) is 2.67. The molecule has 8 nitrogen and oxygen atoms in total. The van der Waals surface area contributed by atoms with Crippen LogP contribution in [-0.4, -0.2) is 51.4 Å². The Kier molecular flexibility index (Phi) is 3.96. The highest BCUT2D eigenvalue weighted by Crippen LogP contribution is 2.24. The number of nitro groups is 1. The molecule has 4 N–H and O–H groups in total. The summed E-state index contributed by atoms with van der Waals surface area (Å²) in [4.78, 5) is 10.1. The number of nitrogens with one attached hydrogen (secondary N) is 1. The first-order valence-electron chi connectivity index (χ1n) is 5.66. The lowest BCUT2D eigenvalue weighted by Gasteiger charge is -2.17. The molecule has 1 aromatic carbocycles. The Balaban J connectivity index is 2.09. The monoisotopic (exact) mass is 270 g/mol. The third-order valence-electron chi connectivity index (χ3n) is 2.91. The van der Waals surface area contributed by atoms with Crippen molar-refractivity contribution in [2.45, 2.75) is 24.5 Å². The van der Waals surface area contributed by atoms with Crippen LogP contribution in [0.2, 0.25) is 0 Å². The fourth-order valence-corrected chi connectivity index (χ4v) is 1.89. The number of anilines is 1. The Morgan fingerprint density at radius 2 is 2.11 bits per heavy atom. The summed E-state index contributed by atoms with van der Waals surface area (Å²) in [6.45, 7) is -0.425. The minimum atomic E-state index is -1.23. The van der Waals surface area contributed by atoms with Crippen molar-refractivity contribution in [3.8, 4) is 0 Å². The summed E-state index contributed by atoms with van der Waals surface area (Å²) in [6.07, 6.45) is -4.25. The molecule has 1 aromatic rings. The van der Waals surface area contributed by atoms with Gasteiger partial charge in [-0.3, -0.25) is 10.1 Å². The van der Waals surface area contributed by atoms with E-state index in [2.05, 4.69) is 5.32 Å². The lowest BCUT2D eigenvalue weighted by Crippen LogP contribution is -2.36. The van der Waals surface area contributed by atoms with Gasteiger partial charge in [0.25, 0.3) is 5.69 Å². The van der Waals surface area contributed by atoms with Crippen LogP contribution in [0.3, 0.4) is 0 Å². The van der Waals surface area contributed by atoms with Crippen molar-refractivity contribution >= 4 is 11.4 Å². The van der Waals surface area contributed by atoms with E-state index in [1.807, 2.05) is 0 Å². The van der Waals surface area contributed by atoms with Crippen LogP contribution in [0.25, 0.3) is 0 Å². The first-order chi connectivity index (χ1) is 9.02. The normalized spacial score (nSPS) is 30.3. The highest BCUT2D eigenvalue weighted by Gasteiger charge is 2.42. The molecule has 4 atom stereocenters. The molecule has 0 unspecified atom stereocenters. The molecule has 0 radical (unpaired) electrons. The topological polar surface area (TPSA) is 125 Å². The summed E-state index contributed by atoms with van der Waals surface area (Å²) in [7, 11) is 0. The van der Waals surface area contributed by atoms with Crippen LogP contribution >= 0.6 is 0 Å². The maximum Gasteiger partial charge on any atom is 0.271 e. The summed E-state index contributed by atoms with van der Waals surface area (Å²) in [6, 6.07) is 5.68. The second-order valence-electron chi connectivity index (χ2n) is 4.21. The summed E-state index contributed by atoms with van der Waals surface area (Å²) in [5, 5.41) is 41.6. The molecule has 1 heterocycles. The van der Waals surface area contributed by atoms with Gasteiger partial charge in [-0.1, -0.05) is 6.07 Å². The molecule has 1 saturated heterocycles. The van der Waals surface area contributed by atoms with Crippen molar-refractivity contribution in [3.63, 3.8) is 0 Å². The van der Waals surface area contributed by atoms with Gasteiger partial charge in [0, 0.05) is 17.8 Å². The Morgan fingerprint density at radius 1 is 1.37 bits per heavy atom. The van der Waals surface area contributed by atoms with E-state index in [-0.39, 0.29) is 5.69 Å². The Labute approximate surface area is 108 Å². The summed E-state index contributed by atoms with van der Waals surface area (Å²) >= 11 is 0. The predicted octanol–water partition coefficient (Wildman–Crippen LogP) is -0.554. The predicted molar refractivity (Wildman–Crippen MR) is 64.5 cm³/mol. The molecule has 19 heavy (non-hydrogen) atoms. The van der Waals surface area contributed by atoms with E-state index in [1.54, 1.807) is 6.07 Å². The number of nitro benzene ring substituents is 1. The third kappa shape index (κ3) is 2.82. The van der Waals surface area contributed by atoms with Gasteiger partial charge in [-0.15, -0.1) is 0 Å². The second kappa shape index (κ2) is 5.49. The number of nitrogens with zero attached hydrogens (tertiary/aromatic N) is 1. The van der Waals surface area contributed by atoms with Crippen LogP contribution in [0, 0.1) is 10.1 Å². The van der Waals surface area contributed by atoms with E-state index in [0.29, 0.717) is 5.69 Å². The van der Waals surface area contributed by atoms with Crippen LogP contribution in [0.1, 0.15) is 0 Å². The number of rotatable bonds is 4. The number of hydrogen-bond acceptors (Lipinski definition) is 7. The molecular weight excluding hydrogens is 256 g/mol. The van der Waals surface area contributed by atoms with E-state index in [0.717, 1.165) is 0 Å². The Bertz CT molecular complexity index is 468. The van der Waals surface area contributed by atoms with Gasteiger partial charge in [0.1, 0.15) is 18.3 Å². The molecule has 0 aliphatic carbocycles. The molecule has 0 saturated carbocycles. The summed E-state index contributed by atoms with van der Waals surface area (Å²) in [5.41, 5.74) is 0.279. The molecule has 0 aromatic heterocycles. The molecule has 1 aliphatic rings. The SMILES string of the molecule is O=[N+]([O-])c1cccc(N[C@@H]2O[C@H](CO)[C@@H](O)[C@@H]2O)c1. The number of non-ortho nitro benzene ring substituents is 1. The van der Waals surface area contributed by atoms with E-state index in [9.17, 15) is 20.3 Å². The maximum absolute atomic E-state index is 10.6.